The van der Waals surface area contributed by atoms with Gasteiger partial charge < -0.3 is 15.0 Å². The van der Waals surface area contributed by atoms with Crippen molar-refractivity contribution >= 4 is 5.91 Å². The molecule has 1 saturated carbocycles. The predicted molar refractivity (Wildman–Crippen MR) is 107 cm³/mol. The lowest BCUT2D eigenvalue weighted by atomic mass is 9.69. The molecule has 1 fully saturated rings. The molecular formula is C22H36N2O2. The number of para-hydroxylation sites is 1. The number of rotatable bonds is 6. The lowest BCUT2D eigenvalue weighted by Gasteiger charge is -2.36. The van der Waals surface area contributed by atoms with Crippen LogP contribution < -0.4 is 10.1 Å². The van der Waals surface area contributed by atoms with E-state index in [1.807, 2.05) is 32.3 Å². The summed E-state index contributed by atoms with van der Waals surface area (Å²) in [4.78, 5) is 14.8. The number of hydrogen-bond donors (Lipinski definition) is 1. The molecule has 1 aliphatic carbocycles. The van der Waals surface area contributed by atoms with Crippen LogP contribution in [0.15, 0.2) is 24.3 Å². The van der Waals surface area contributed by atoms with Gasteiger partial charge in [0.25, 0.3) is 0 Å². The summed E-state index contributed by atoms with van der Waals surface area (Å²) >= 11 is 0. The van der Waals surface area contributed by atoms with Crippen molar-refractivity contribution in [1.29, 1.82) is 0 Å². The number of benzene rings is 1. The van der Waals surface area contributed by atoms with Crippen molar-refractivity contribution in [2.24, 2.45) is 17.3 Å². The largest absolute Gasteiger partial charge is 0.496 e. The molecule has 0 aliphatic heterocycles. The van der Waals surface area contributed by atoms with Gasteiger partial charge in [-0.05, 0) is 57.2 Å². The highest BCUT2D eigenvalue weighted by molar-refractivity contribution is 5.78. The molecule has 4 heteroatoms. The van der Waals surface area contributed by atoms with E-state index in [9.17, 15) is 4.79 Å². The molecule has 4 nitrogen and oxygen atoms in total. The Labute approximate surface area is 159 Å². The number of methoxy groups -OCH3 is 1. The number of amides is 1. The number of likely N-dealkylation sites (N-methyl/N-ethyl adjacent to an activating group) is 1. The monoisotopic (exact) mass is 360 g/mol. The van der Waals surface area contributed by atoms with Gasteiger partial charge >= 0.3 is 0 Å². The average Bonchev–Trinajstić information content (AvgIpc) is 2.61. The molecule has 1 aromatic rings. The van der Waals surface area contributed by atoms with E-state index in [0.717, 1.165) is 42.9 Å². The summed E-state index contributed by atoms with van der Waals surface area (Å²) in [5, 5.41) is 3.20. The van der Waals surface area contributed by atoms with E-state index in [4.69, 9.17) is 4.74 Å². The van der Waals surface area contributed by atoms with Gasteiger partial charge in [0, 0.05) is 18.0 Å². The smallest absolute Gasteiger partial charge is 0.223 e. The normalized spacial score (nSPS) is 22.1. The molecule has 146 valence electrons. The van der Waals surface area contributed by atoms with Crippen LogP contribution in [0.3, 0.4) is 0 Å². The van der Waals surface area contributed by atoms with Crippen LogP contribution in [-0.4, -0.2) is 38.6 Å². The van der Waals surface area contributed by atoms with Crippen LogP contribution in [0.25, 0.3) is 0 Å². The molecule has 1 aromatic carbocycles. The molecule has 1 aliphatic rings. The van der Waals surface area contributed by atoms with Crippen LogP contribution in [-0.2, 0) is 4.79 Å². The molecule has 0 aromatic heterocycles. The minimum atomic E-state index is 0.0982. The number of hydrogen-bond acceptors (Lipinski definition) is 3. The number of carbonyl (C=O) groups is 1. The first-order valence-corrected chi connectivity index (χ1v) is 9.81. The summed E-state index contributed by atoms with van der Waals surface area (Å²) in [6, 6.07) is 8.14. The fourth-order valence-corrected chi connectivity index (χ4v) is 4.08. The summed E-state index contributed by atoms with van der Waals surface area (Å²) in [5.41, 5.74) is 1.46. The van der Waals surface area contributed by atoms with Gasteiger partial charge in [0.2, 0.25) is 5.91 Å². The Hall–Kier alpha value is -1.55. The highest BCUT2D eigenvalue weighted by Crippen LogP contribution is 2.39. The first kappa shape index (κ1) is 20.8. The van der Waals surface area contributed by atoms with E-state index in [0.29, 0.717) is 12.0 Å². The van der Waals surface area contributed by atoms with Crippen LogP contribution >= 0.6 is 0 Å². The van der Waals surface area contributed by atoms with Crippen molar-refractivity contribution in [3.05, 3.63) is 29.8 Å². The second-order valence-corrected chi connectivity index (χ2v) is 8.88. The predicted octanol–water partition coefficient (Wildman–Crippen LogP) is 4.27. The first-order valence-electron chi connectivity index (χ1n) is 9.81. The third-order valence-corrected chi connectivity index (χ3v) is 5.91. The second-order valence-electron chi connectivity index (χ2n) is 8.88. The zero-order valence-electron chi connectivity index (χ0n) is 17.3. The van der Waals surface area contributed by atoms with Gasteiger partial charge in [-0.2, -0.15) is 0 Å². The molecule has 26 heavy (non-hydrogen) atoms. The van der Waals surface area contributed by atoms with Crippen molar-refractivity contribution in [3.63, 3.8) is 0 Å². The van der Waals surface area contributed by atoms with Gasteiger partial charge in [0.05, 0.1) is 13.2 Å². The minimum absolute atomic E-state index is 0.0982. The minimum Gasteiger partial charge on any atom is -0.496 e. The van der Waals surface area contributed by atoms with Crippen LogP contribution in [0.4, 0.5) is 0 Å². The Bertz CT molecular complexity index is 584. The van der Waals surface area contributed by atoms with Crippen molar-refractivity contribution in [2.75, 3.05) is 27.7 Å². The van der Waals surface area contributed by atoms with Gasteiger partial charge in [-0.1, -0.05) is 39.0 Å². The number of ether oxygens (including phenoxy) is 1. The molecule has 0 bridgehead atoms. The Morgan fingerprint density at radius 3 is 2.35 bits per heavy atom. The van der Waals surface area contributed by atoms with Crippen molar-refractivity contribution in [3.8, 4) is 5.75 Å². The van der Waals surface area contributed by atoms with Crippen LogP contribution in [0.5, 0.6) is 5.75 Å². The maximum atomic E-state index is 12.7. The third kappa shape index (κ3) is 5.23. The van der Waals surface area contributed by atoms with Gasteiger partial charge in [0.1, 0.15) is 5.75 Å². The molecule has 1 amide bonds. The molecule has 0 heterocycles. The highest BCUT2D eigenvalue weighted by Gasteiger charge is 2.32. The van der Waals surface area contributed by atoms with Gasteiger partial charge in [0.15, 0.2) is 0 Å². The van der Waals surface area contributed by atoms with Crippen LogP contribution in [0, 0.1) is 17.3 Å². The third-order valence-electron chi connectivity index (χ3n) is 5.91. The molecule has 1 atom stereocenters. The summed E-state index contributed by atoms with van der Waals surface area (Å²) in [7, 11) is 5.77. The fourth-order valence-electron chi connectivity index (χ4n) is 4.08. The Morgan fingerprint density at radius 1 is 1.19 bits per heavy atom. The van der Waals surface area contributed by atoms with Gasteiger partial charge in [-0.3, -0.25) is 4.79 Å². The highest BCUT2D eigenvalue weighted by atomic mass is 16.5. The lowest BCUT2D eigenvalue weighted by Crippen LogP contribution is -2.39. The summed E-state index contributed by atoms with van der Waals surface area (Å²) in [6.07, 6.45) is 4.33. The molecule has 0 spiro atoms. The Morgan fingerprint density at radius 2 is 1.81 bits per heavy atom. The fraction of sp³-hybridized carbons (Fsp3) is 0.682. The van der Waals surface area contributed by atoms with Crippen molar-refractivity contribution in [2.45, 2.75) is 52.5 Å². The molecule has 0 unspecified atom stereocenters. The quantitative estimate of drug-likeness (QED) is 0.824. The zero-order chi connectivity index (χ0) is 19.3. The summed E-state index contributed by atoms with van der Waals surface area (Å²) in [6.45, 7) is 7.54. The average molecular weight is 361 g/mol. The molecule has 1 N–H and O–H groups in total. The van der Waals surface area contributed by atoms with E-state index in [1.165, 1.54) is 0 Å². The van der Waals surface area contributed by atoms with Crippen LogP contribution in [0.2, 0.25) is 0 Å². The van der Waals surface area contributed by atoms with E-state index in [2.05, 4.69) is 37.1 Å². The van der Waals surface area contributed by atoms with E-state index >= 15 is 0 Å². The number of nitrogens with one attached hydrogen (secondary N) is 1. The maximum absolute atomic E-state index is 12.7. The molecule has 2 rings (SSSR count). The maximum Gasteiger partial charge on any atom is 0.223 e. The standard InChI is InChI=1S/C22H36N2O2/c1-22(2,3)17-13-11-16(12-14-17)21(25)23-15-19(24(4)5)18-9-7-8-10-20(18)26-6/h7-10,16-17,19H,11-15H2,1-6H3,(H,23,25)/t16?,17?,19-/m1/s1. The SMILES string of the molecule is COc1ccccc1[C@@H](CNC(=O)C1CCC(C(C)(C)C)CC1)N(C)C. The van der Waals surface area contributed by atoms with Gasteiger partial charge in [-0.15, -0.1) is 0 Å². The van der Waals surface area contributed by atoms with Crippen LogP contribution in [0.1, 0.15) is 58.1 Å². The van der Waals surface area contributed by atoms with Crippen molar-refractivity contribution in [1.82, 2.24) is 10.2 Å². The number of carbonyl (C=O) groups excluding carboxylic acids is 1. The zero-order valence-corrected chi connectivity index (χ0v) is 17.3. The first-order chi connectivity index (χ1) is 12.2. The van der Waals surface area contributed by atoms with E-state index < -0.39 is 0 Å². The molecular weight excluding hydrogens is 324 g/mol. The van der Waals surface area contributed by atoms with Gasteiger partial charge in [-0.25, -0.2) is 0 Å². The van der Waals surface area contributed by atoms with E-state index in [-0.39, 0.29) is 17.9 Å². The molecule has 0 saturated heterocycles. The van der Waals surface area contributed by atoms with Crippen molar-refractivity contribution < 1.29 is 9.53 Å². The Balaban J connectivity index is 1.94. The summed E-state index contributed by atoms with van der Waals surface area (Å²) < 4.78 is 5.50. The Kier molecular flexibility index (Phi) is 7.10. The lowest BCUT2D eigenvalue weighted by molar-refractivity contribution is -0.126. The number of nitrogens with zero attached hydrogens (tertiary/aromatic N) is 1. The summed E-state index contributed by atoms with van der Waals surface area (Å²) in [5.74, 6) is 1.97. The second kappa shape index (κ2) is 8.90. The topological polar surface area (TPSA) is 41.6 Å². The van der Waals surface area contributed by atoms with E-state index in [1.54, 1.807) is 7.11 Å². The molecule has 0 radical (unpaired) electrons.